The van der Waals surface area contributed by atoms with Crippen LogP contribution in [0.2, 0.25) is 0 Å². The SMILES string of the molecule is CC(=O)C(C)(C)Cc1cc[c]cc1. The van der Waals surface area contributed by atoms with Gasteiger partial charge in [0.25, 0.3) is 0 Å². The van der Waals surface area contributed by atoms with Crippen molar-refractivity contribution in [2.24, 2.45) is 5.41 Å². The normalized spacial score (nSPS) is 11.3. The van der Waals surface area contributed by atoms with E-state index in [1.165, 1.54) is 5.56 Å². The van der Waals surface area contributed by atoms with Crippen molar-refractivity contribution in [3.63, 3.8) is 0 Å². The van der Waals surface area contributed by atoms with Crippen LogP contribution in [0.3, 0.4) is 0 Å². The molecule has 0 aromatic heterocycles. The summed E-state index contributed by atoms with van der Waals surface area (Å²) in [6, 6.07) is 10.7. The summed E-state index contributed by atoms with van der Waals surface area (Å²) in [5.74, 6) is 0.236. The van der Waals surface area contributed by atoms with Gasteiger partial charge in [-0.1, -0.05) is 38.1 Å². The molecule has 0 amide bonds. The zero-order valence-electron chi connectivity index (χ0n) is 8.42. The van der Waals surface area contributed by atoms with Crippen LogP contribution in [0.4, 0.5) is 0 Å². The van der Waals surface area contributed by atoms with Crippen molar-refractivity contribution >= 4 is 5.78 Å². The minimum atomic E-state index is -0.249. The van der Waals surface area contributed by atoms with Crippen LogP contribution < -0.4 is 0 Å². The van der Waals surface area contributed by atoms with E-state index in [1.807, 2.05) is 38.1 Å². The van der Waals surface area contributed by atoms with Crippen LogP contribution in [-0.4, -0.2) is 5.78 Å². The molecule has 0 saturated carbocycles. The van der Waals surface area contributed by atoms with Crippen molar-refractivity contribution < 1.29 is 4.79 Å². The van der Waals surface area contributed by atoms with E-state index < -0.39 is 0 Å². The molecule has 1 aromatic rings. The summed E-state index contributed by atoms with van der Waals surface area (Å²) in [6.45, 7) is 5.60. The molecule has 1 radical (unpaired) electrons. The summed E-state index contributed by atoms with van der Waals surface area (Å²) in [7, 11) is 0. The lowest BCUT2D eigenvalue weighted by atomic mass is 9.82. The lowest BCUT2D eigenvalue weighted by Gasteiger charge is -2.20. The Hall–Kier alpha value is -1.11. The Balaban J connectivity index is 2.75. The van der Waals surface area contributed by atoms with Crippen LogP contribution in [0.15, 0.2) is 24.3 Å². The van der Waals surface area contributed by atoms with E-state index in [9.17, 15) is 4.79 Å². The monoisotopic (exact) mass is 175 g/mol. The first-order valence-corrected chi connectivity index (χ1v) is 4.48. The molecular formula is C12H15O. The predicted octanol–water partition coefficient (Wildman–Crippen LogP) is 2.64. The van der Waals surface area contributed by atoms with Gasteiger partial charge in [-0.25, -0.2) is 0 Å². The molecular weight excluding hydrogens is 160 g/mol. The van der Waals surface area contributed by atoms with Crippen LogP contribution in [-0.2, 0) is 11.2 Å². The third-order valence-corrected chi connectivity index (χ3v) is 2.39. The van der Waals surface area contributed by atoms with Gasteiger partial charge in [-0.15, -0.1) is 0 Å². The molecule has 0 heterocycles. The Kier molecular flexibility index (Phi) is 2.86. The quantitative estimate of drug-likeness (QED) is 0.690. The number of carbonyl (C=O) groups excluding carboxylic acids is 1. The van der Waals surface area contributed by atoms with E-state index in [1.54, 1.807) is 6.92 Å². The lowest BCUT2D eigenvalue weighted by molar-refractivity contribution is -0.124. The van der Waals surface area contributed by atoms with Crippen LogP contribution >= 0.6 is 0 Å². The number of rotatable bonds is 3. The molecule has 13 heavy (non-hydrogen) atoms. The molecule has 0 aliphatic heterocycles. The Morgan fingerprint density at radius 2 is 1.92 bits per heavy atom. The van der Waals surface area contributed by atoms with Gasteiger partial charge >= 0.3 is 0 Å². The van der Waals surface area contributed by atoms with Crippen molar-refractivity contribution in [2.45, 2.75) is 27.2 Å². The summed E-state index contributed by atoms with van der Waals surface area (Å²) in [5, 5.41) is 0. The molecule has 0 fully saturated rings. The fourth-order valence-electron chi connectivity index (χ4n) is 1.17. The van der Waals surface area contributed by atoms with Gasteiger partial charge in [0.05, 0.1) is 0 Å². The Labute approximate surface area is 79.8 Å². The third-order valence-electron chi connectivity index (χ3n) is 2.39. The van der Waals surface area contributed by atoms with Crippen LogP contribution in [0.1, 0.15) is 26.3 Å². The van der Waals surface area contributed by atoms with Crippen molar-refractivity contribution in [2.75, 3.05) is 0 Å². The van der Waals surface area contributed by atoms with Gasteiger partial charge in [0, 0.05) is 5.41 Å². The summed E-state index contributed by atoms with van der Waals surface area (Å²) in [4.78, 5) is 11.3. The summed E-state index contributed by atoms with van der Waals surface area (Å²) in [6.07, 6.45) is 0.803. The zero-order valence-corrected chi connectivity index (χ0v) is 8.42. The van der Waals surface area contributed by atoms with E-state index in [0.717, 1.165) is 6.42 Å². The van der Waals surface area contributed by atoms with Gasteiger partial charge in [0.1, 0.15) is 5.78 Å². The van der Waals surface area contributed by atoms with Crippen molar-refractivity contribution in [1.29, 1.82) is 0 Å². The highest BCUT2D eigenvalue weighted by molar-refractivity contribution is 5.81. The van der Waals surface area contributed by atoms with E-state index in [0.29, 0.717) is 0 Å². The molecule has 0 N–H and O–H groups in total. The van der Waals surface area contributed by atoms with Crippen LogP contribution in [0.5, 0.6) is 0 Å². The molecule has 0 atom stereocenters. The second-order valence-electron chi connectivity index (χ2n) is 4.03. The van der Waals surface area contributed by atoms with Gasteiger partial charge < -0.3 is 0 Å². The topological polar surface area (TPSA) is 17.1 Å². The zero-order chi connectivity index (χ0) is 9.90. The first-order valence-electron chi connectivity index (χ1n) is 4.48. The van der Waals surface area contributed by atoms with Gasteiger partial charge in [-0.2, -0.15) is 0 Å². The fraction of sp³-hybridized carbons (Fsp3) is 0.417. The van der Waals surface area contributed by atoms with E-state index >= 15 is 0 Å². The molecule has 69 valence electrons. The molecule has 0 aliphatic rings. The molecule has 0 bridgehead atoms. The molecule has 1 heteroatoms. The first-order chi connectivity index (χ1) is 6.02. The van der Waals surface area contributed by atoms with Gasteiger partial charge in [0.2, 0.25) is 0 Å². The van der Waals surface area contributed by atoms with Crippen LogP contribution in [0, 0.1) is 11.5 Å². The molecule has 1 rings (SSSR count). The smallest absolute Gasteiger partial charge is 0.135 e. The minimum absolute atomic E-state index is 0.236. The number of hydrogen-bond acceptors (Lipinski definition) is 1. The maximum Gasteiger partial charge on any atom is 0.135 e. The largest absolute Gasteiger partial charge is 0.299 e. The highest BCUT2D eigenvalue weighted by Gasteiger charge is 2.23. The first kappa shape index (κ1) is 9.97. The maximum absolute atomic E-state index is 11.3. The third kappa shape index (κ3) is 2.69. The molecule has 1 aromatic carbocycles. The van der Waals surface area contributed by atoms with E-state index in [-0.39, 0.29) is 11.2 Å². The summed E-state index contributed by atoms with van der Waals surface area (Å²) in [5.41, 5.74) is 0.945. The standard InChI is InChI=1S/C12H15O/c1-10(13)12(2,3)9-11-7-5-4-6-8-11/h5-8H,9H2,1-3H3. The number of benzene rings is 1. The Morgan fingerprint density at radius 3 is 2.38 bits per heavy atom. The summed E-state index contributed by atoms with van der Waals surface area (Å²) < 4.78 is 0. The summed E-state index contributed by atoms with van der Waals surface area (Å²) >= 11 is 0. The minimum Gasteiger partial charge on any atom is -0.299 e. The van der Waals surface area contributed by atoms with Crippen molar-refractivity contribution in [1.82, 2.24) is 0 Å². The average Bonchev–Trinajstić information content (AvgIpc) is 2.05. The molecule has 0 unspecified atom stereocenters. The molecule has 0 aliphatic carbocycles. The second-order valence-corrected chi connectivity index (χ2v) is 4.03. The molecule has 0 saturated heterocycles. The van der Waals surface area contributed by atoms with E-state index in [2.05, 4.69) is 6.07 Å². The highest BCUT2D eigenvalue weighted by atomic mass is 16.1. The number of ketones is 1. The van der Waals surface area contributed by atoms with Crippen molar-refractivity contribution in [3.8, 4) is 0 Å². The molecule has 0 spiro atoms. The fourth-order valence-corrected chi connectivity index (χ4v) is 1.17. The highest BCUT2D eigenvalue weighted by Crippen LogP contribution is 2.22. The predicted molar refractivity (Wildman–Crippen MR) is 53.4 cm³/mol. The maximum atomic E-state index is 11.3. The average molecular weight is 175 g/mol. The number of hydrogen-bond donors (Lipinski definition) is 0. The van der Waals surface area contributed by atoms with E-state index in [4.69, 9.17) is 0 Å². The lowest BCUT2D eigenvalue weighted by Crippen LogP contribution is -2.23. The molecule has 1 nitrogen and oxygen atoms in total. The van der Waals surface area contributed by atoms with Crippen molar-refractivity contribution in [3.05, 3.63) is 35.9 Å². The second kappa shape index (κ2) is 3.73. The van der Waals surface area contributed by atoms with Gasteiger partial charge in [-0.3, -0.25) is 4.79 Å². The number of Topliss-reactive ketones (excluding diaryl/α,β-unsaturated/α-hetero) is 1. The number of carbonyl (C=O) groups is 1. The Bertz CT molecular complexity index is 285. The Morgan fingerprint density at radius 1 is 1.38 bits per heavy atom. The van der Waals surface area contributed by atoms with Gasteiger partial charge in [-0.05, 0) is 25.0 Å². The van der Waals surface area contributed by atoms with Crippen LogP contribution in [0.25, 0.3) is 0 Å². The van der Waals surface area contributed by atoms with Gasteiger partial charge in [0.15, 0.2) is 0 Å².